The van der Waals surface area contributed by atoms with Crippen molar-refractivity contribution in [1.82, 2.24) is 15.1 Å². The predicted octanol–water partition coefficient (Wildman–Crippen LogP) is 1.59. The van der Waals surface area contributed by atoms with Gasteiger partial charge >= 0.3 is 5.97 Å². The van der Waals surface area contributed by atoms with E-state index in [9.17, 15) is 9.59 Å². The summed E-state index contributed by atoms with van der Waals surface area (Å²) in [7, 11) is 1.87. The maximum absolute atomic E-state index is 12.1. The molecule has 1 saturated heterocycles. The average Bonchev–Trinajstić information content (AvgIpc) is 2.54. The summed E-state index contributed by atoms with van der Waals surface area (Å²) >= 11 is 0. The number of hydrogen-bond acceptors (Lipinski definition) is 4. The van der Waals surface area contributed by atoms with Crippen molar-refractivity contribution < 1.29 is 14.7 Å². The van der Waals surface area contributed by atoms with E-state index in [1.54, 1.807) is 0 Å². The summed E-state index contributed by atoms with van der Waals surface area (Å²) in [4.78, 5) is 26.9. The molecule has 0 spiro atoms. The highest BCUT2D eigenvalue weighted by molar-refractivity contribution is 5.85. The molecule has 1 aliphatic heterocycles. The highest BCUT2D eigenvalue weighted by Gasteiger charge is 2.24. The second-order valence-corrected chi connectivity index (χ2v) is 7.12. The van der Waals surface area contributed by atoms with Crippen LogP contribution in [0.2, 0.25) is 0 Å². The Labute approximate surface area is 151 Å². The molecule has 140 valence electrons. The van der Waals surface area contributed by atoms with Gasteiger partial charge in [-0.05, 0) is 38.6 Å². The molecule has 2 aliphatic rings. The minimum Gasteiger partial charge on any atom is -0.480 e. The van der Waals surface area contributed by atoms with E-state index < -0.39 is 5.97 Å². The van der Waals surface area contributed by atoms with Crippen molar-refractivity contribution in [3.63, 3.8) is 0 Å². The molecule has 0 radical (unpaired) electrons. The van der Waals surface area contributed by atoms with E-state index in [0.29, 0.717) is 18.5 Å². The molecule has 6 nitrogen and oxygen atoms in total. The average molecular weight is 362 g/mol. The molecule has 24 heavy (non-hydrogen) atoms. The normalized spacial score (nSPS) is 20.6. The van der Waals surface area contributed by atoms with Gasteiger partial charge in [0.2, 0.25) is 5.91 Å². The molecular formula is C17H32ClN3O3. The zero-order chi connectivity index (χ0) is 16.7. The van der Waals surface area contributed by atoms with Crippen molar-refractivity contribution in [2.24, 2.45) is 5.92 Å². The minimum absolute atomic E-state index is 0. The number of nitrogens with zero attached hydrogens (tertiary/aromatic N) is 2. The minimum atomic E-state index is -0.781. The Hall–Kier alpha value is -0.850. The number of carboxylic acid groups (broad SMARTS) is 1. The number of likely N-dealkylation sites (N-methyl/N-ethyl adjacent to an activating group) is 1. The molecule has 2 N–H and O–H groups in total. The van der Waals surface area contributed by atoms with E-state index in [0.717, 1.165) is 32.5 Å². The number of likely N-dealkylation sites (tertiary alicyclic amines) is 1. The fourth-order valence-electron chi connectivity index (χ4n) is 3.77. The Morgan fingerprint density at radius 2 is 1.75 bits per heavy atom. The number of nitrogens with one attached hydrogen (secondary N) is 1. The maximum atomic E-state index is 12.1. The maximum Gasteiger partial charge on any atom is 0.317 e. The molecule has 0 unspecified atom stereocenters. The third-order valence-electron chi connectivity index (χ3n) is 5.24. The largest absolute Gasteiger partial charge is 0.480 e. The van der Waals surface area contributed by atoms with Crippen molar-refractivity contribution in [2.75, 3.05) is 39.8 Å². The van der Waals surface area contributed by atoms with Gasteiger partial charge in [0.15, 0.2) is 0 Å². The summed E-state index contributed by atoms with van der Waals surface area (Å²) in [5.41, 5.74) is 0. The van der Waals surface area contributed by atoms with Crippen molar-refractivity contribution in [3.8, 4) is 0 Å². The van der Waals surface area contributed by atoms with E-state index >= 15 is 0 Å². The first-order valence-electron chi connectivity index (χ1n) is 8.95. The monoisotopic (exact) mass is 361 g/mol. The van der Waals surface area contributed by atoms with Crippen LogP contribution in [0, 0.1) is 5.92 Å². The van der Waals surface area contributed by atoms with Crippen LogP contribution in [-0.4, -0.2) is 72.6 Å². The quantitative estimate of drug-likeness (QED) is 0.720. The standard InChI is InChI=1S/C17H31N3O3.ClH/c1-19(13-17(22)23)15-7-9-20(10-8-15)12-16(21)18-11-14-5-3-2-4-6-14;/h14-15H,2-13H2,1H3,(H,18,21)(H,22,23);1H. The Bertz CT molecular complexity index is 395. The van der Waals surface area contributed by atoms with Crippen molar-refractivity contribution in [1.29, 1.82) is 0 Å². The lowest BCUT2D eigenvalue weighted by Crippen LogP contribution is -2.47. The van der Waals surface area contributed by atoms with Gasteiger partial charge in [-0.1, -0.05) is 19.3 Å². The molecule has 7 heteroatoms. The Morgan fingerprint density at radius 1 is 1.12 bits per heavy atom. The van der Waals surface area contributed by atoms with E-state index in [-0.39, 0.29) is 24.9 Å². The number of halogens is 1. The zero-order valence-electron chi connectivity index (χ0n) is 14.7. The molecule has 0 aromatic rings. The fraction of sp³-hybridized carbons (Fsp3) is 0.882. The summed E-state index contributed by atoms with van der Waals surface area (Å²) in [6.45, 7) is 3.13. The molecule has 2 rings (SSSR count). The van der Waals surface area contributed by atoms with E-state index in [2.05, 4.69) is 10.2 Å². The van der Waals surface area contributed by atoms with Gasteiger partial charge < -0.3 is 10.4 Å². The summed E-state index contributed by atoms with van der Waals surface area (Å²) < 4.78 is 0. The number of rotatable bonds is 7. The van der Waals surface area contributed by atoms with Crippen LogP contribution < -0.4 is 5.32 Å². The molecule has 0 atom stereocenters. The molecule has 1 saturated carbocycles. The van der Waals surface area contributed by atoms with Gasteiger partial charge in [0.25, 0.3) is 0 Å². The van der Waals surface area contributed by atoms with Crippen molar-refractivity contribution in [2.45, 2.75) is 51.0 Å². The lowest BCUT2D eigenvalue weighted by Gasteiger charge is -2.35. The van der Waals surface area contributed by atoms with Crippen molar-refractivity contribution in [3.05, 3.63) is 0 Å². The van der Waals surface area contributed by atoms with Gasteiger partial charge in [-0.2, -0.15) is 0 Å². The third-order valence-corrected chi connectivity index (χ3v) is 5.24. The summed E-state index contributed by atoms with van der Waals surface area (Å²) in [6.07, 6.45) is 8.31. The van der Waals surface area contributed by atoms with Gasteiger partial charge in [0, 0.05) is 25.7 Å². The number of carboxylic acids is 1. The van der Waals surface area contributed by atoms with Gasteiger partial charge in [-0.3, -0.25) is 19.4 Å². The smallest absolute Gasteiger partial charge is 0.317 e. The molecule has 1 amide bonds. The number of hydrogen-bond donors (Lipinski definition) is 2. The Kier molecular flexibility index (Phi) is 9.63. The van der Waals surface area contributed by atoms with Crippen LogP contribution in [0.3, 0.4) is 0 Å². The van der Waals surface area contributed by atoms with E-state index in [4.69, 9.17) is 5.11 Å². The Morgan fingerprint density at radius 3 is 2.33 bits per heavy atom. The predicted molar refractivity (Wildman–Crippen MR) is 96.6 cm³/mol. The van der Waals surface area contributed by atoms with Crippen LogP contribution in [0.25, 0.3) is 0 Å². The molecule has 2 fully saturated rings. The number of carbonyl (C=O) groups is 2. The molecule has 0 aromatic heterocycles. The summed E-state index contributed by atoms with van der Waals surface area (Å²) in [6, 6.07) is 0.313. The first-order chi connectivity index (χ1) is 11.0. The number of amides is 1. The zero-order valence-corrected chi connectivity index (χ0v) is 15.5. The van der Waals surface area contributed by atoms with Crippen LogP contribution >= 0.6 is 12.4 Å². The van der Waals surface area contributed by atoms with Crippen LogP contribution in [0.5, 0.6) is 0 Å². The highest BCUT2D eigenvalue weighted by Crippen LogP contribution is 2.22. The fourth-order valence-corrected chi connectivity index (χ4v) is 3.77. The van der Waals surface area contributed by atoms with Crippen LogP contribution in [0.4, 0.5) is 0 Å². The van der Waals surface area contributed by atoms with E-state index in [1.807, 2.05) is 11.9 Å². The van der Waals surface area contributed by atoms with Crippen molar-refractivity contribution >= 4 is 24.3 Å². The summed E-state index contributed by atoms with van der Waals surface area (Å²) in [5, 5.41) is 11.9. The van der Waals surface area contributed by atoms with Crippen LogP contribution in [0.1, 0.15) is 44.9 Å². The van der Waals surface area contributed by atoms with E-state index in [1.165, 1.54) is 32.1 Å². The first kappa shape index (κ1) is 21.2. The van der Waals surface area contributed by atoms with Gasteiger partial charge in [0.1, 0.15) is 0 Å². The SMILES string of the molecule is CN(CC(=O)O)C1CCN(CC(=O)NCC2CCCCC2)CC1.Cl. The molecule has 1 heterocycles. The topological polar surface area (TPSA) is 72.9 Å². The van der Waals surface area contributed by atoms with Gasteiger partial charge in [0.05, 0.1) is 13.1 Å². The lowest BCUT2D eigenvalue weighted by atomic mass is 9.89. The first-order valence-corrected chi connectivity index (χ1v) is 8.95. The highest BCUT2D eigenvalue weighted by atomic mass is 35.5. The second-order valence-electron chi connectivity index (χ2n) is 7.12. The Balaban J connectivity index is 0.00000288. The molecule has 0 aromatic carbocycles. The second kappa shape index (κ2) is 10.9. The van der Waals surface area contributed by atoms with Crippen LogP contribution in [0.15, 0.2) is 0 Å². The molecular weight excluding hydrogens is 330 g/mol. The lowest BCUT2D eigenvalue weighted by molar-refractivity contribution is -0.138. The number of aliphatic carboxylic acids is 1. The molecule has 1 aliphatic carbocycles. The summed E-state index contributed by atoms with van der Waals surface area (Å²) in [5.74, 6) is 0.0213. The number of piperidine rings is 1. The number of carbonyl (C=O) groups excluding carboxylic acids is 1. The van der Waals surface area contributed by atoms with Gasteiger partial charge in [-0.15, -0.1) is 12.4 Å². The third kappa shape index (κ3) is 7.36. The van der Waals surface area contributed by atoms with Gasteiger partial charge in [-0.25, -0.2) is 0 Å². The molecule has 0 bridgehead atoms. The van der Waals surface area contributed by atoms with Crippen LogP contribution in [-0.2, 0) is 9.59 Å².